The quantitative estimate of drug-likeness (QED) is 0.767. The van der Waals surface area contributed by atoms with Crippen LogP contribution in [0.25, 0.3) is 10.9 Å². The van der Waals surface area contributed by atoms with E-state index < -0.39 is 0 Å². The van der Waals surface area contributed by atoms with Crippen molar-refractivity contribution in [3.8, 4) is 0 Å². The molecule has 2 aromatic heterocycles. The third kappa shape index (κ3) is 2.79. The molecule has 2 N–H and O–H groups in total. The number of aryl methyl sites for hydroxylation is 2. The molecular weight excluding hydrogens is 316 g/mol. The van der Waals surface area contributed by atoms with Crippen molar-refractivity contribution < 1.29 is 4.79 Å². The molecule has 25 heavy (non-hydrogen) atoms. The van der Waals surface area contributed by atoms with E-state index in [-0.39, 0.29) is 11.9 Å². The average Bonchev–Trinajstić information content (AvgIpc) is 3.17. The number of amides is 1. The zero-order valence-electron chi connectivity index (χ0n) is 14.7. The topological polar surface area (TPSA) is 88.5 Å². The van der Waals surface area contributed by atoms with Gasteiger partial charge in [-0.25, -0.2) is 0 Å². The van der Waals surface area contributed by atoms with Gasteiger partial charge in [-0.3, -0.25) is 9.89 Å². The number of hydrogen-bond acceptors (Lipinski definition) is 4. The Labute approximate surface area is 145 Å². The number of aromatic amines is 1. The molecule has 1 atom stereocenters. The number of H-pyrrole nitrogens is 1. The minimum absolute atomic E-state index is 0.0602. The van der Waals surface area contributed by atoms with Crippen molar-refractivity contribution in [2.45, 2.75) is 52.1 Å². The van der Waals surface area contributed by atoms with Gasteiger partial charge in [-0.15, -0.1) is 10.2 Å². The molecule has 0 fully saturated rings. The summed E-state index contributed by atoms with van der Waals surface area (Å²) in [4.78, 5) is 12.7. The second-order valence-corrected chi connectivity index (χ2v) is 7.07. The fraction of sp³-hybridized carbons (Fsp3) is 0.444. The van der Waals surface area contributed by atoms with Gasteiger partial charge in [-0.05, 0) is 25.5 Å². The number of nitrogens with one attached hydrogen (secondary N) is 2. The second kappa shape index (κ2) is 5.98. The first kappa shape index (κ1) is 15.8. The molecule has 7 heteroatoms. The first-order valence-electron chi connectivity index (χ1n) is 8.70. The van der Waals surface area contributed by atoms with Crippen molar-refractivity contribution in [2.75, 3.05) is 0 Å². The van der Waals surface area contributed by atoms with E-state index in [2.05, 4.69) is 44.1 Å². The van der Waals surface area contributed by atoms with Crippen molar-refractivity contribution >= 4 is 16.8 Å². The van der Waals surface area contributed by atoms with Gasteiger partial charge in [-0.2, -0.15) is 5.10 Å². The predicted octanol–water partition coefficient (Wildman–Crippen LogP) is 2.33. The highest BCUT2D eigenvalue weighted by Crippen LogP contribution is 2.21. The summed E-state index contributed by atoms with van der Waals surface area (Å²) in [5, 5.41) is 19.7. The van der Waals surface area contributed by atoms with E-state index in [0.717, 1.165) is 41.0 Å². The van der Waals surface area contributed by atoms with E-state index in [1.165, 1.54) is 0 Å². The molecule has 7 nitrogen and oxygen atoms in total. The van der Waals surface area contributed by atoms with Crippen molar-refractivity contribution in [1.82, 2.24) is 30.3 Å². The molecule has 1 aliphatic heterocycles. The Balaban J connectivity index is 1.55. The van der Waals surface area contributed by atoms with Gasteiger partial charge in [0, 0.05) is 30.3 Å². The van der Waals surface area contributed by atoms with Crippen LogP contribution in [-0.2, 0) is 13.0 Å². The maximum atomic E-state index is 12.7. The Morgan fingerprint density at radius 2 is 2.20 bits per heavy atom. The number of rotatable bonds is 3. The van der Waals surface area contributed by atoms with Gasteiger partial charge in [0.1, 0.15) is 11.6 Å². The maximum absolute atomic E-state index is 12.7. The number of hydrogen-bond donors (Lipinski definition) is 2. The summed E-state index contributed by atoms with van der Waals surface area (Å²) >= 11 is 0. The fourth-order valence-corrected chi connectivity index (χ4v) is 3.45. The largest absolute Gasteiger partial charge is 0.346 e. The van der Waals surface area contributed by atoms with Gasteiger partial charge >= 0.3 is 0 Å². The van der Waals surface area contributed by atoms with Crippen LogP contribution in [0.4, 0.5) is 0 Å². The van der Waals surface area contributed by atoms with Crippen LogP contribution >= 0.6 is 0 Å². The van der Waals surface area contributed by atoms with Gasteiger partial charge in [0.2, 0.25) is 0 Å². The maximum Gasteiger partial charge on any atom is 0.272 e. The number of carbonyl (C=O) groups excluding carboxylic acids is 1. The zero-order chi connectivity index (χ0) is 17.6. The monoisotopic (exact) mass is 338 g/mol. The lowest BCUT2D eigenvalue weighted by atomic mass is 10.1. The van der Waals surface area contributed by atoms with Crippen molar-refractivity contribution in [3.63, 3.8) is 0 Å². The second-order valence-electron chi connectivity index (χ2n) is 7.07. The first-order valence-corrected chi connectivity index (χ1v) is 8.70. The number of carbonyl (C=O) groups is 1. The van der Waals surface area contributed by atoms with Crippen LogP contribution in [0, 0.1) is 6.92 Å². The Hall–Kier alpha value is -2.70. The highest BCUT2D eigenvalue weighted by Gasteiger charge is 2.26. The van der Waals surface area contributed by atoms with E-state index in [4.69, 9.17) is 0 Å². The van der Waals surface area contributed by atoms with Crippen molar-refractivity contribution in [2.24, 2.45) is 0 Å². The zero-order valence-corrected chi connectivity index (χ0v) is 14.7. The fourth-order valence-electron chi connectivity index (χ4n) is 3.45. The molecular formula is C18H22N6O. The minimum Gasteiger partial charge on any atom is -0.346 e. The summed E-state index contributed by atoms with van der Waals surface area (Å²) in [6.45, 7) is 6.94. The molecule has 3 heterocycles. The van der Waals surface area contributed by atoms with Gasteiger partial charge in [0.25, 0.3) is 5.91 Å². The first-order chi connectivity index (χ1) is 12.0. The molecule has 1 aliphatic rings. The highest BCUT2D eigenvalue weighted by atomic mass is 16.2. The minimum atomic E-state index is -0.135. The number of benzene rings is 1. The molecule has 130 valence electrons. The van der Waals surface area contributed by atoms with E-state index in [0.29, 0.717) is 18.2 Å². The Bertz CT molecular complexity index is 938. The smallest absolute Gasteiger partial charge is 0.272 e. The summed E-state index contributed by atoms with van der Waals surface area (Å²) in [5.74, 6) is 2.17. The van der Waals surface area contributed by atoms with Gasteiger partial charge in [-0.1, -0.05) is 25.5 Å². The number of nitrogens with zero attached hydrogens (tertiary/aromatic N) is 4. The molecule has 0 saturated heterocycles. The SMILES string of the molecule is Cc1ccc2[nH]nc(C(=O)N[C@H]3CCc4nnc(C(C)C)n4C3)c2c1. The third-order valence-corrected chi connectivity index (χ3v) is 4.76. The molecule has 4 rings (SSSR count). The molecule has 1 amide bonds. The highest BCUT2D eigenvalue weighted by molar-refractivity contribution is 6.04. The molecule has 3 aromatic rings. The van der Waals surface area contributed by atoms with Gasteiger partial charge < -0.3 is 9.88 Å². The molecule has 0 radical (unpaired) electrons. The molecule has 0 saturated carbocycles. The number of fused-ring (bicyclic) bond motifs is 2. The van der Waals surface area contributed by atoms with Crippen LogP contribution < -0.4 is 5.32 Å². The summed E-state index contributed by atoms with van der Waals surface area (Å²) in [6.07, 6.45) is 1.69. The van der Waals surface area contributed by atoms with Crippen LogP contribution in [0.5, 0.6) is 0 Å². The lowest BCUT2D eigenvalue weighted by Crippen LogP contribution is -2.41. The molecule has 0 aliphatic carbocycles. The normalized spacial score (nSPS) is 17.0. The number of aromatic nitrogens is 5. The average molecular weight is 338 g/mol. The Kier molecular flexibility index (Phi) is 3.78. The van der Waals surface area contributed by atoms with E-state index in [9.17, 15) is 4.79 Å². The van der Waals surface area contributed by atoms with Crippen LogP contribution in [0.1, 0.15) is 53.9 Å². The van der Waals surface area contributed by atoms with Crippen molar-refractivity contribution in [1.29, 1.82) is 0 Å². The molecule has 1 aromatic carbocycles. The molecule has 0 unspecified atom stereocenters. The van der Waals surface area contributed by atoms with Crippen LogP contribution in [0.2, 0.25) is 0 Å². The summed E-state index contributed by atoms with van der Waals surface area (Å²) < 4.78 is 2.14. The standard InChI is InChI=1S/C18H22N6O/c1-10(2)17-23-21-15-7-5-12(9-24(15)17)19-18(25)16-13-8-11(3)4-6-14(13)20-22-16/h4,6,8,10,12H,5,7,9H2,1-3H3,(H,19,25)(H,20,22)/t12-/m0/s1. The van der Waals surface area contributed by atoms with Gasteiger partial charge in [0.15, 0.2) is 5.69 Å². The lowest BCUT2D eigenvalue weighted by Gasteiger charge is -2.25. The molecule has 0 bridgehead atoms. The van der Waals surface area contributed by atoms with E-state index in [1.54, 1.807) is 0 Å². The molecule has 0 spiro atoms. The van der Waals surface area contributed by atoms with Gasteiger partial charge in [0.05, 0.1) is 5.52 Å². The van der Waals surface area contributed by atoms with Crippen molar-refractivity contribution in [3.05, 3.63) is 41.1 Å². The van der Waals surface area contributed by atoms with E-state index >= 15 is 0 Å². The van der Waals surface area contributed by atoms with Crippen LogP contribution in [0.3, 0.4) is 0 Å². The lowest BCUT2D eigenvalue weighted by molar-refractivity contribution is 0.0923. The van der Waals surface area contributed by atoms with E-state index in [1.807, 2.05) is 25.1 Å². The Morgan fingerprint density at radius 3 is 3.00 bits per heavy atom. The Morgan fingerprint density at radius 1 is 1.36 bits per heavy atom. The summed E-state index contributed by atoms with van der Waals surface area (Å²) in [7, 11) is 0. The van der Waals surface area contributed by atoms with Crippen LogP contribution in [0.15, 0.2) is 18.2 Å². The van der Waals surface area contributed by atoms with Crippen LogP contribution in [-0.4, -0.2) is 36.9 Å². The summed E-state index contributed by atoms with van der Waals surface area (Å²) in [5.41, 5.74) is 2.44. The predicted molar refractivity (Wildman–Crippen MR) is 94.5 cm³/mol. The summed E-state index contributed by atoms with van der Waals surface area (Å²) in [6, 6.07) is 6.01. The third-order valence-electron chi connectivity index (χ3n) is 4.76.